The number of aliphatic hydroxyl groups is 1. The van der Waals surface area contributed by atoms with Crippen LogP contribution in [0.2, 0.25) is 0 Å². The molecule has 0 aliphatic carbocycles. The lowest BCUT2D eigenvalue weighted by atomic mass is 9.93. The number of amides is 1. The number of hydrogen-bond acceptors (Lipinski definition) is 8. The van der Waals surface area contributed by atoms with Gasteiger partial charge < -0.3 is 19.9 Å². The third kappa shape index (κ3) is 7.09. The SMILES string of the molecule is CCOC(=O)N1c2ccc(OC)nc2C(Nc2ncc(CO)c(Cc3cc(C(F)(F)F)cc(C(F)(F)F)c3)n2)CC1CC. The highest BCUT2D eigenvalue weighted by Crippen LogP contribution is 2.40. The number of ether oxygens (including phenoxy) is 2. The van der Waals surface area contributed by atoms with E-state index in [9.17, 15) is 36.2 Å². The summed E-state index contributed by atoms with van der Waals surface area (Å²) in [5.41, 5.74) is -2.17. The number of aromatic nitrogens is 3. The first kappa shape index (κ1) is 31.8. The minimum absolute atomic E-state index is 0.00442. The van der Waals surface area contributed by atoms with Gasteiger partial charge >= 0.3 is 18.4 Å². The predicted octanol–water partition coefficient (Wildman–Crippen LogP) is 6.30. The second-order valence-corrected chi connectivity index (χ2v) is 9.74. The highest BCUT2D eigenvalue weighted by Gasteiger charge is 2.39. The van der Waals surface area contributed by atoms with Gasteiger partial charge in [-0.2, -0.15) is 26.3 Å². The van der Waals surface area contributed by atoms with Crippen molar-refractivity contribution in [1.82, 2.24) is 15.0 Å². The molecule has 9 nitrogen and oxygen atoms in total. The molecule has 2 atom stereocenters. The fourth-order valence-electron chi connectivity index (χ4n) is 4.89. The number of alkyl halides is 6. The van der Waals surface area contributed by atoms with Crippen LogP contribution in [0.15, 0.2) is 36.5 Å². The van der Waals surface area contributed by atoms with Crippen molar-refractivity contribution in [1.29, 1.82) is 0 Å². The summed E-state index contributed by atoms with van der Waals surface area (Å²) in [5.74, 6) is 0.266. The molecule has 1 aliphatic heterocycles. The van der Waals surface area contributed by atoms with Gasteiger partial charge in [-0.25, -0.2) is 19.7 Å². The molecule has 2 unspecified atom stereocenters. The molecule has 0 radical (unpaired) electrons. The van der Waals surface area contributed by atoms with E-state index >= 15 is 0 Å². The van der Waals surface area contributed by atoms with Crippen molar-refractivity contribution in [3.05, 3.63) is 70.2 Å². The molecule has 4 rings (SSSR count). The molecular formula is C28H29F6N5O4. The molecule has 3 heterocycles. The van der Waals surface area contributed by atoms with Crippen LogP contribution in [0.1, 0.15) is 66.4 Å². The first-order valence-electron chi connectivity index (χ1n) is 13.3. The lowest BCUT2D eigenvalue weighted by molar-refractivity contribution is -0.143. The molecule has 1 aliphatic rings. The van der Waals surface area contributed by atoms with Crippen LogP contribution in [-0.4, -0.2) is 45.9 Å². The van der Waals surface area contributed by atoms with E-state index in [2.05, 4.69) is 20.3 Å². The highest BCUT2D eigenvalue weighted by atomic mass is 19.4. The molecule has 43 heavy (non-hydrogen) atoms. The van der Waals surface area contributed by atoms with Crippen molar-refractivity contribution in [2.45, 2.75) is 64.2 Å². The minimum Gasteiger partial charge on any atom is -0.481 e. The van der Waals surface area contributed by atoms with Gasteiger partial charge in [0.15, 0.2) is 0 Å². The van der Waals surface area contributed by atoms with E-state index in [0.29, 0.717) is 36.4 Å². The summed E-state index contributed by atoms with van der Waals surface area (Å²) in [4.78, 5) is 27.4. The van der Waals surface area contributed by atoms with Crippen LogP contribution < -0.4 is 15.0 Å². The van der Waals surface area contributed by atoms with Gasteiger partial charge in [-0.1, -0.05) is 6.92 Å². The van der Waals surface area contributed by atoms with E-state index in [1.54, 1.807) is 19.1 Å². The number of halogens is 6. The summed E-state index contributed by atoms with van der Waals surface area (Å²) >= 11 is 0. The normalized spacial score (nSPS) is 16.9. The summed E-state index contributed by atoms with van der Waals surface area (Å²) in [6, 6.07) is 3.66. The number of carbonyl (C=O) groups excluding carboxylic acids is 1. The lowest BCUT2D eigenvalue weighted by Gasteiger charge is -2.39. The Bertz CT molecular complexity index is 1430. The summed E-state index contributed by atoms with van der Waals surface area (Å²) in [6.45, 7) is 3.15. The largest absolute Gasteiger partial charge is 0.481 e. The average Bonchev–Trinajstić information content (AvgIpc) is 2.95. The van der Waals surface area contributed by atoms with Crippen LogP contribution in [0.5, 0.6) is 5.88 Å². The van der Waals surface area contributed by atoms with Crippen molar-refractivity contribution in [3.8, 4) is 5.88 Å². The number of fused-ring (bicyclic) bond motifs is 1. The third-order valence-corrected chi connectivity index (χ3v) is 6.93. The van der Waals surface area contributed by atoms with Crippen LogP contribution in [0.4, 0.5) is 42.8 Å². The quantitative estimate of drug-likeness (QED) is 0.285. The minimum atomic E-state index is -5.01. The maximum Gasteiger partial charge on any atom is 0.416 e. The Balaban J connectivity index is 1.72. The molecule has 15 heteroatoms. The monoisotopic (exact) mass is 613 g/mol. The molecule has 0 saturated carbocycles. The molecule has 2 aromatic heterocycles. The second kappa shape index (κ2) is 12.6. The van der Waals surface area contributed by atoms with E-state index in [-0.39, 0.29) is 47.4 Å². The fourth-order valence-corrected chi connectivity index (χ4v) is 4.89. The number of aliphatic hydroxyl groups excluding tert-OH is 1. The molecule has 2 N–H and O–H groups in total. The Hall–Kier alpha value is -4.14. The summed E-state index contributed by atoms with van der Waals surface area (Å²) in [5, 5.41) is 13.0. The van der Waals surface area contributed by atoms with Crippen molar-refractivity contribution in [2.75, 3.05) is 23.9 Å². The van der Waals surface area contributed by atoms with Gasteiger partial charge in [-0.3, -0.25) is 4.90 Å². The Morgan fingerprint density at radius 2 is 1.74 bits per heavy atom. The van der Waals surface area contributed by atoms with Crippen LogP contribution in [-0.2, 0) is 30.1 Å². The number of anilines is 2. The molecule has 1 aromatic carbocycles. The van der Waals surface area contributed by atoms with Crippen molar-refractivity contribution >= 4 is 17.7 Å². The zero-order valence-electron chi connectivity index (χ0n) is 23.4. The van der Waals surface area contributed by atoms with Crippen molar-refractivity contribution in [3.63, 3.8) is 0 Å². The van der Waals surface area contributed by atoms with Gasteiger partial charge in [-0.15, -0.1) is 0 Å². The average molecular weight is 614 g/mol. The van der Waals surface area contributed by atoms with E-state index in [1.165, 1.54) is 18.2 Å². The van der Waals surface area contributed by atoms with Crippen molar-refractivity contribution < 1.29 is 45.7 Å². The highest BCUT2D eigenvalue weighted by molar-refractivity contribution is 5.90. The van der Waals surface area contributed by atoms with Crippen molar-refractivity contribution in [2.24, 2.45) is 0 Å². The Morgan fingerprint density at radius 3 is 2.30 bits per heavy atom. The summed E-state index contributed by atoms with van der Waals surface area (Å²) in [7, 11) is 1.43. The number of benzene rings is 1. The number of pyridine rings is 1. The number of carbonyl (C=O) groups is 1. The molecule has 0 bridgehead atoms. The Kier molecular flexibility index (Phi) is 9.32. The first-order chi connectivity index (χ1) is 20.3. The maximum atomic E-state index is 13.4. The van der Waals surface area contributed by atoms with Gasteiger partial charge in [0.2, 0.25) is 11.8 Å². The van der Waals surface area contributed by atoms with Crippen LogP contribution in [0.3, 0.4) is 0 Å². The lowest BCUT2D eigenvalue weighted by Crippen LogP contribution is -2.46. The first-order valence-corrected chi connectivity index (χ1v) is 13.3. The Labute approximate surface area is 242 Å². The number of hydrogen-bond donors (Lipinski definition) is 2. The predicted molar refractivity (Wildman–Crippen MR) is 143 cm³/mol. The van der Waals surface area contributed by atoms with Gasteiger partial charge in [0.05, 0.1) is 54.6 Å². The van der Waals surface area contributed by atoms with Gasteiger partial charge in [0.25, 0.3) is 0 Å². The van der Waals surface area contributed by atoms with E-state index < -0.39 is 48.6 Å². The maximum absolute atomic E-state index is 13.4. The molecule has 3 aromatic rings. The molecule has 0 fully saturated rings. The van der Waals surface area contributed by atoms with E-state index in [0.717, 1.165) is 0 Å². The van der Waals surface area contributed by atoms with Crippen LogP contribution in [0.25, 0.3) is 0 Å². The smallest absolute Gasteiger partial charge is 0.416 e. The zero-order chi connectivity index (χ0) is 31.5. The van der Waals surface area contributed by atoms with E-state index in [4.69, 9.17) is 9.47 Å². The number of nitrogens with zero attached hydrogens (tertiary/aromatic N) is 4. The van der Waals surface area contributed by atoms with Crippen LogP contribution in [0, 0.1) is 0 Å². The molecule has 232 valence electrons. The third-order valence-electron chi connectivity index (χ3n) is 6.93. The Morgan fingerprint density at radius 1 is 1.07 bits per heavy atom. The van der Waals surface area contributed by atoms with Gasteiger partial charge in [0.1, 0.15) is 0 Å². The molecule has 0 spiro atoms. The number of rotatable bonds is 8. The van der Waals surface area contributed by atoms with Gasteiger partial charge in [-0.05, 0) is 49.6 Å². The topological polar surface area (TPSA) is 110 Å². The summed E-state index contributed by atoms with van der Waals surface area (Å²) in [6.07, 6.45) is -8.88. The summed E-state index contributed by atoms with van der Waals surface area (Å²) < 4.78 is 91.0. The number of nitrogens with one attached hydrogen (secondary N) is 1. The fraction of sp³-hybridized carbons (Fsp3) is 0.429. The zero-order valence-corrected chi connectivity index (χ0v) is 23.4. The number of methoxy groups -OCH3 is 1. The van der Waals surface area contributed by atoms with E-state index in [1.807, 2.05) is 6.92 Å². The molecular weight excluding hydrogens is 584 g/mol. The second-order valence-electron chi connectivity index (χ2n) is 9.74. The molecule has 1 amide bonds. The molecule has 0 saturated heterocycles. The van der Waals surface area contributed by atoms with Crippen LogP contribution >= 0.6 is 0 Å². The van der Waals surface area contributed by atoms with Gasteiger partial charge in [0, 0.05) is 30.3 Å². The standard InChI is InChI=1S/C28H29F6N5O4/c1-4-19-12-21(24-22(6-7-23(38-24)42-3)39(19)26(41)43-5-2)37-25-35-13-16(14-40)20(36-25)10-15-8-17(27(29,30)31)11-18(9-15)28(32,33)34/h6-9,11,13,19,21,40H,4-5,10,12,14H2,1-3H3,(H,35,36,37).